The van der Waals surface area contributed by atoms with Crippen LogP contribution >= 0.6 is 0 Å². The van der Waals surface area contributed by atoms with Crippen molar-refractivity contribution in [2.45, 2.75) is 20.3 Å². The van der Waals surface area contributed by atoms with E-state index >= 15 is 0 Å². The van der Waals surface area contributed by atoms with Crippen molar-refractivity contribution in [2.24, 2.45) is 5.41 Å². The van der Waals surface area contributed by atoms with Crippen LogP contribution in [-0.2, 0) is 28.7 Å². The van der Waals surface area contributed by atoms with Crippen LogP contribution in [0.5, 0.6) is 0 Å². The van der Waals surface area contributed by atoms with Crippen LogP contribution < -0.4 is 0 Å². The average molecular weight is 287 g/mol. The summed E-state index contributed by atoms with van der Waals surface area (Å²) in [6, 6.07) is 0. The third kappa shape index (κ3) is 10.5. The van der Waals surface area contributed by atoms with Crippen molar-refractivity contribution in [1.82, 2.24) is 0 Å². The molecular weight excluding hydrogens is 271 g/mol. The van der Waals surface area contributed by atoms with Crippen molar-refractivity contribution in [1.29, 1.82) is 0 Å². The molecule has 0 atom stereocenters. The Kier molecular flexibility index (Phi) is 13.0. The molecule has 0 aromatic heterocycles. The van der Waals surface area contributed by atoms with Crippen molar-refractivity contribution in [3.63, 3.8) is 0 Å². The number of hydrogen-bond acceptors (Lipinski definition) is 6. The summed E-state index contributed by atoms with van der Waals surface area (Å²) in [5.41, 5.74) is -1.20. The summed E-state index contributed by atoms with van der Waals surface area (Å²) in [6.45, 7) is 2.90. The van der Waals surface area contributed by atoms with Gasteiger partial charge in [0.25, 0.3) is 0 Å². The summed E-state index contributed by atoms with van der Waals surface area (Å²) in [4.78, 5) is 40.7. The predicted molar refractivity (Wildman–Crippen MR) is 63.5 cm³/mol. The molecule has 0 rings (SSSR count). The van der Waals surface area contributed by atoms with Crippen LogP contribution in [-0.4, -0.2) is 77.9 Å². The Morgan fingerprint density at radius 2 is 1.16 bits per heavy atom. The number of carbonyl (C=O) groups is 4. The van der Waals surface area contributed by atoms with Crippen molar-refractivity contribution in [3.8, 4) is 0 Å². The molecule has 0 aliphatic rings. The molecule has 0 aromatic carbocycles. The molecule has 0 saturated carbocycles. The second kappa shape index (κ2) is 10.8. The Hall–Kier alpha value is -1.12. The predicted octanol–water partition coefficient (Wildman–Crippen LogP) is -0.476. The summed E-state index contributed by atoms with van der Waals surface area (Å²) in [7, 11) is 2.46. The van der Waals surface area contributed by atoms with E-state index in [1.165, 1.54) is 28.1 Å². The zero-order chi connectivity index (χ0) is 14.9. The number of carboxylic acid groups (broad SMARTS) is 2. The first-order valence-corrected chi connectivity index (χ1v) is 4.70. The van der Waals surface area contributed by atoms with Gasteiger partial charge in [-0.25, -0.2) is 0 Å². The van der Waals surface area contributed by atoms with E-state index in [1.54, 1.807) is 0 Å². The smallest absolute Gasteiger partial charge is 0.322 e. The maximum Gasteiger partial charge on any atom is 0.322 e. The standard InChI is InChI=1S/C7H12O4.C3H4O4.Na/c1-7(2,5(8)10-3)6(9)11-4;4-2(5)1-3(6)7;/h1-4H3;1H2,(H,4,5)(H,6,7);. The fourth-order valence-corrected chi connectivity index (χ4v) is 0.723. The number of aliphatic carboxylic acids is 2. The Bertz CT molecular complexity index is 306. The summed E-state index contributed by atoms with van der Waals surface area (Å²) in [5, 5.41) is 15.4. The fourth-order valence-electron chi connectivity index (χ4n) is 0.723. The van der Waals surface area contributed by atoms with Crippen LogP contribution in [0.4, 0.5) is 0 Å². The zero-order valence-electron chi connectivity index (χ0n) is 11.6. The molecule has 0 bridgehead atoms. The van der Waals surface area contributed by atoms with Crippen LogP contribution in [0.2, 0.25) is 0 Å². The molecule has 0 aromatic rings. The van der Waals surface area contributed by atoms with Gasteiger partial charge >= 0.3 is 23.9 Å². The van der Waals surface area contributed by atoms with E-state index in [4.69, 9.17) is 10.2 Å². The van der Waals surface area contributed by atoms with E-state index < -0.39 is 35.7 Å². The maximum absolute atomic E-state index is 10.9. The summed E-state index contributed by atoms with van der Waals surface area (Å²) < 4.78 is 8.80. The molecule has 9 heteroatoms. The van der Waals surface area contributed by atoms with Gasteiger partial charge in [-0.15, -0.1) is 0 Å². The van der Waals surface area contributed by atoms with Gasteiger partial charge in [-0.3, -0.25) is 19.2 Å². The minimum atomic E-state index is -1.31. The Morgan fingerprint density at radius 1 is 0.895 bits per heavy atom. The quantitative estimate of drug-likeness (QED) is 0.403. The average Bonchev–Trinajstić information content (AvgIpc) is 2.25. The van der Waals surface area contributed by atoms with Crippen LogP contribution in [0, 0.1) is 5.41 Å². The molecule has 0 unspecified atom stereocenters. The van der Waals surface area contributed by atoms with E-state index in [0.717, 1.165) is 0 Å². The van der Waals surface area contributed by atoms with Gasteiger partial charge in [-0.1, -0.05) is 0 Å². The van der Waals surface area contributed by atoms with E-state index in [1.807, 2.05) is 0 Å². The van der Waals surface area contributed by atoms with Gasteiger partial charge in [0.15, 0.2) is 5.41 Å². The monoisotopic (exact) mass is 287 g/mol. The number of carbonyl (C=O) groups excluding carboxylic acids is 2. The number of rotatable bonds is 4. The first-order valence-electron chi connectivity index (χ1n) is 4.70. The van der Waals surface area contributed by atoms with E-state index in [0.29, 0.717) is 0 Å². The van der Waals surface area contributed by atoms with Crippen molar-refractivity contribution in [3.05, 3.63) is 0 Å². The van der Waals surface area contributed by atoms with Crippen molar-refractivity contribution >= 4 is 53.4 Å². The van der Waals surface area contributed by atoms with Gasteiger partial charge < -0.3 is 19.7 Å². The van der Waals surface area contributed by atoms with Crippen LogP contribution in [0.25, 0.3) is 0 Å². The Balaban J connectivity index is -0.000000280. The van der Waals surface area contributed by atoms with E-state index in [2.05, 4.69) is 9.47 Å². The van der Waals surface area contributed by atoms with Gasteiger partial charge in [0.2, 0.25) is 0 Å². The SMILES string of the molecule is COC(=O)C(C)(C)C(=O)OC.O=C(O)CC(=O)O.[Na]. The molecule has 105 valence electrons. The number of methoxy groups -OCH3 is 2. The largest absolute Gasteiger partial charge is 0.481 e. The van der Waals surface area contributed by atoms with Crippen molar-refractivity contribution < 1.29 is 38.9 Å². The van der Waals surface area contributed by atoms with Gasteiger partial charge in [0, 0.05) is 29.6 Å². The van der Waals surface area contributed by atoms with Gasteiger partial charge in [0.1, 0.15) is 6.42 Å². The molecule has 0 fully saturated rings. The number of esters is 2. The topological polar surface area (TPSA) is 127 Å². The minimum Gasteiger partial charge on any atom is -0.481 e. The molecule has 2 N–H and O–H groups in total. The molecule has 0 saturated heterocycles. The molecule has 0 aliphatic heterocycles. The summed E-state index contributed by atoms with van der Waals surface area (Å²) >= 11 is 0. The molecule has 0 heterocycles. The number of ether oxygens (including phenoxy) is 2. The fraction of sp³-hybridized carbons (Fsp3) is 0.600. The van der Waals surface area contributed by atoms with Crippen LogP contribution in [0.3, 0.4) is 0 Å². The van der Waals surface area contributed by atoms with Crippen LogP contribution in [0.15, 0.2) is 0 Å². The van der Waals surface area contributed by atoms with Crippen molar-refractivity contribution in [2.75, 3.05) is 14.2 Å². The van der Waals surface area contributed by atoms with E-state index in [-0.39, 0.29) is 29.6 Å². The Labute approximate surface area is 132 Å². The molecule has 19 heavy (non-hydrogen) atoms. The first kappa shape index (κ1) is 23.0. The third-order valence-electron chi connectivity index (χ3n) is 1.69. The normalized spacial score (nSPS) is 9.05. The van der Waals surface area contributed by atoms with Gasteiger partial charge in [-0.2, -0.15) is 0 Å². The molecular formula is C10H16NaO8. The zero-order valence-corrected chi connectivity index (χ0v) is 13.6. The number of carboxylic acids is 2. The minimum absolute atomic E-state index is 0. The third-order valence-corrected chi connectivity index (χ3v) is 1.69. The molecule has 1 radical (unpaired) electrons. The molecule has 0 aliphatic carbocycles. The maximum atomic E-state index is 10.9. The summed E-state index contributed by atoms with van der Waals surface area (Å²) in [5.74, 6) is -3.81. The molecule has 8 nitrogen and oxygen atoms in total. The van der Waals surface area contributed by atoms with Crippen LogP contribution in [0.1, 0.15) is 20.3 Å². The second-order valence-electron chi connectivity index (χ2n) is 3.57. The number of hydrogen-bond donors (Lipinski definition) is 2. The first-order chi connectivity index (χ1) is 8.09. The molecule has 0 spiro atoms. The summed E-state index contributed by atoms with van der Waals surface area (Å²) in [6.07, 6.45) is -0.806. The Morgan fingerprint density at radius 3 is 1.26 bits per heavy atom. The second-order valence-corrected chi connectivity index (χ2v) is 3.57. The van der Waals surface area contributed by atoms with Gasteiger partial charge in [-0.05, 0) is 13.8 Å². The van der Waals surface area contributed by atoms with E-state index in [9.17, 15) is 19.2 Å². The van der Waals surface area contributed by atoms with Gasteiger partial charge in [0.05, 0.1) is 14.2 Å². The molecule has 0 amide bonds.